The molecule has 0 amide bonds. The van der Waals surface area contributed by atoms with E-state index < -0.39 is 24.7 Å². The number of halogens is 4. The summed E-state index contributed by atoms with van der Waals surface area (Å²) in [4.78, 5) is 0. The van der Waals surface area contributed by atoms with Gasteiger partial charge in [0, 0.05) is 12.2 Å². The van der Waals surface area contributed by atoms with Crippen molar-refractivity contribution >= 4 is 11.4 Å². The summed E-state index contributed by atoms with van der Waals surface area (Å²) in [6.45, 7) is -0.757. The van der Waals surface area contributed by atoms with Crippen molar-refractivity contribution in [2.24, 2.45) is 0 Å². The Morgan fingerprint density at radius 1 is 1.24 bits per heavy atom. The fourth-order valence-corrected chi connectivity index (χ4v) is 1.18. The molecule has 3 N–H and O–H groups in total. The van der Waals surface area contributed by atoms with E-state index in [-0.39, 0.29) is 24.5 Å². The van der Waals surface area contributed by atoms with Gasteiger partial charge in [-0.1, -0.05) is 0 Å². The van der Waals surface area contributed by atoms with Crippen LogP contribution in [-0.2, 0) is 4.74 Å². The van der Waals surface area contributed by atoms with Crippen LogP contribution in [0, 0.1) is 11.6 Å². The molecule has 0 saturated heterocycles. The number of rotatable bonds is 6. The molecular weight excluding hydrogens is 240 g/mol. The molecule has 0 fully saturated rings. The van der Waals surface area contributed by atoms with Crippen molar-refractivity contribution < 1.29 is 22.3 Å². The smallest absolute Gasteiger partial charge is 0.261 e. The van der Waals surface area contributed by atoms with Crippen LogP contribution in [0.15, 0.2) is 12.1 Å². The maximum absolute atomic E-state index is 13.2. The average Bonchev–Trinajstić information content (AvgIpc) is 2.20. The topological polar surface area (TPSA) is 47.3 Å². The molecule has 0 saturated carbocycles. The molecule has 0 unspecified atom stereocenters. The van der Waals surface area contributed by atoms with Crippen molar-refractivity contribution in [2.75, 3.05) is 30.8 Å². The zero-order valence-electron chi connectivity index (χ0n) is 8.85. The zero-order valence-corrected chi connectivity index (χ0v) is 8.85. The Morgan fingerprint density at radius 2 is 1.82 bits per heavy atom. The molecule has 0 radical (unpaired) electrons. The van der Waals surface area contributed by atoms with Crippen LogP contribution >= 0.6 is 0 Å². The van der Waals surface area contributed by atoms with Gasteiger partial charge in [-0.15, -0.1) is 0 Å². The van der Waals surface area contributed by atoms with Gasteiger partial charge in [-0.3, -0.25) is 0 Å². The Balaban J connectivity index is 2.42. The van der Waals surface area contributed by atoms with Gasteiger partial charge < -0.3 is 15.8 Å². The lowest BCUT2D eigenvalue weighted by Crippen LogP contribution is -2.14. The van der Waals surface area contributed by atoms with Gasteiger partial charge in [0.2, 0.25) is 0 Å². The SMILES string of the molecule is Nc1cc(F)c(NCCOCC(F)F)c(F)c1. The number of nitrogen functional groups attached to an aromatic ring is 1. The van der Waals surface area contributed by atoms with Crippen LogP contribution in [0.2, 0.25) is 0 Å². The summed E-state index contributed by atoms with van der Waals surface area (Å²) >= 11 is 0. The first kappa shape index (κ1) is 13.6. The Morgan fingerprint density at radius 3 is 2.35 bits per heavy atom. The van der Waals surface area contributed by atoms with Gasteiger partial charge in [0.05, 0.1) is 6.61 Å². The minimum atomic E-state index is -2.56. The number of nitrogens with one attached hydrogen (secondary N) is 1. The van der Waals surface area contributed by atoms with Crippen LogP contribution in [0.25, 0.3) is 0 Å². The molecule has 1 aromatic rings. The van der Waals surface area contributed by atoms with Gasteiger partial charge in [0.25, 0.3) is 6.43 Å². The number of alkyl halides is 2. The number of hydrogen-bond donors (Lipinski definition) is 2. The molecule has 0 atom stereocenters. The normalized spacial score (nSPS) is 10.9. The predicted octanol–water partition coefficient (Wildman–Crippen LogP) is 2.24. The maximum atomic E-state index is 13.2. The Kier molecular flexibility index (Phi) is 5.02. The molecule has 0 aliphatic carbocycles. The summed E-state index contributed by atoms with van der Waals surface area (Å²) in [5.41, 5.74) is 4.85. The molecule has 1 aromatic carbocycles. The lowest BCUT2D eigenvalue weighted by molar-refractivity contribution is 0.0214. The Hall–Kier alpha value is -1.50. The third-order valence-corrected chi connectivity index (χ3v) is 1.86. The molecular formula is C10H12F4N2O. The summed E-state index contributed by atoms with van der Waals surface area (Å²) in [7, 11) is 0. The number of ether oxygens (including phenoxy) is 1. The molecule has 17 heavy (non-hydrogen) atoms. The van der Waals surface area contributed by atoms with Crippen LogP contribution in [0.3, 0.4) is 0 Å². The molecule has 0 bridgehead atoms. The molecule has 0 aliphatic rings. The van der Waals surface area contributed by atoms with E-state index in [0.29, 0.717) is 0 Å². The first-order valence-electron chi connectivity index (χ1n) is 4.85. The fourth-order valence-electron chi connectivity index (χ4n) is 1.18. The molecule has 7 heteroatoms. The zero-order chi connectivity index (χ0) is 12.8. The number of anilines is 2. The second-order valence-electron chi connectivity index (χ2n) is 3.25. The second kappa shape index (κ2) is 6.29. The fraction of sp³-hybridized carbons (Fsp3) is 0.400. The number of benzene rings is 1. The van der Waals surface area contributed by atoms with E-state index in [2.05, 4.69) is 10.1 Å². The highest BCUT2D eigenvalue weighted by atomic mass is 19.3. The van der Waals surface area contributed by atoms with Crippen molar-refractivity contribution in [1.29, 1.82) is 0 Å². The Bertz CT molecular complexity index is 350. The largest absolute Gasteiger partial charge is 0.399 e. The molecule has 3 nitrogen and oxygen atoms in total. The highest BCUT2D eigenvalue weighted by molar-refractivity contribution is 5.53. The van der Waals surface area contributed by atoms with Gasteiger partial charge in [-0.05, 0) is 12.1 Å². The monoisotopic (exact) mass is 252 g/mol. The van der Waals surface area contributed by atoms with E-state index in [1.807, 2.05) is 0 Å². The van der Waals surface area contributed by atoms with Crippen molar-refractivity contribution in [1.82, 2.24) is 0 Å². The van der Waals surface area contributed by atoms with Gasteiger partial charge in [-0.25, -0.2) is 17.6 Å². The van der Waals surface area contributed by atoms with Gasteiger partial charge in [-0.2, -0.15) is 0 Å². The summed E-state index contributed by atoms with van der Waals surface area (Å²) in [5, 5.41) is 2.41. The van der Waals surface area contributed by atoms with Crippen molar-refractivity contribution in [3.05, 3.63) is 23.8 Å². The van der Waals surface area contributed by atoms with Gasteiger partial charge in [0.1, 0.15) is 12.3 Å². The van der Waals surface area contributed by atoms with Crippen molar-refractivity contribution in [3.8, 4) is 0 Å². The third-order valence-electron chi connectivity index (χ3n) is 1.86. The maximum Gasteiger partial charge on any atom is 0.261 e. The minimum Gasteiger partial charge on any atom is -0.399 e. The lowest BCUT2D eigenvalue weighted by Gasteiger charge is -2.09. The van der Waals surface area contributed by atoms with E-state index in [1.54, 1.807) is 0 Å². The summed E-state index contributed by atoms with van der Waals surface area (Å²) in [5.74, 6) is -1.67. The number of hydrogen-bond acceptors (Lipinski definition) is 3. The molecule has 96 valence electrons. The van der Waals surface area contributed by atoms with Gasteiger partial charge in [0.15, 0.2) is 11.6 Å². The van der Waals surface area contributed by atoms with Crippen LogP contribution in [0.5, 0.6) is 0 Å². The number of nitrogens with two attached hydrogens (primary N) is 1. The molecule has 0 aromatic heterocycles. The highest BCUT2D eigenvalue weighted by Gasteiger charge is 2.09. The Labute approximate surface area is 95.6 Å². The summed E-state index contributed by atoms with van der Waals surface area (Å²) in [6.07, 6.45) is -2.56. The van der Waals surface area contributed by atoms with E-state index in [4.69, 9.17) is 5.73 Å². The molecule has 1 rings (SSSR count). The quantitative estimate of drug-likeness (QED) is 0.463. The first-order valence-corrected chi connectivity index (χ1v) is 4.85. The first-order chi connectivity index (χ1) is 8.00. The molecule has 0 heterocycles. The second-order valence-corrected chi connectivity index (χ2v) is 3.25. The lowest BCUT2D eigenvalue weighted by atomic mass is 10.2. The van der Waals surface area contributed by atoms with Crippen LogP contribution < -0.4 is 11.1 Å². The summed E-state index contributed by atoms with van der Waals surface area (Å²) in [6, 6.07) is 1.93. The van der Waals surface area contributed by atoms with Crippen molar-refractivity contribution in [2.45, 2.75) is 6.43 Å². The van der Waals surface area contributed by atoms with Crippen LogP contribution in [0.1, 0.15) is 0 Å². The molecule has 0 aliphatic heterocycles. The standard InChI is InChI=1S/C10H12F4N2O/c11-7-3-6(15)4-8(12)10(7)16-1-2-17-5-9(13)14/h3-4,9,16H,1-2,5,15H2. The van der Waals surface area contributed by atoms with Crippen LogP contribution in [-0.4, -0.2) is 26.2 Å². The van der Waals surface area contributed by atoms with Gasteiger partial charge >= 0.3 is 0 Å². The minimum absolute atomic E-state index is 0.0183. The molecule has 0 spiro atoms. The predicted molar refractivity (Wildman–Crippen MR) is 56.1 cm³/mol. The highest BCUT2D eigenvalue weighted by Crippen LogP contribution is 2.21. The third kappa shape index (κ3) is 4.48. The summed E-state index contributed by atoms with van der Waals surface area (Å²) < 4.78 is 54.3. The van der Waals surface area contributed by atoms with E-state index in [9.17, 15) is 17.6 Å². The van der Waals surface area contributed by atoms with E-state index >= 15 is 0 Å². The van der Waals surface area contributed by atoms with E-state index in [1.165, 1.54) is 0 Å². The van der Waals surface area contributed by atoms with Crippen LogP contribution in [0.4, 0.5) is 28.9 Å². The van der Waals surface area contributed by atoms with Crippen molar-refractivity contribution in [3.63, 3.8) is 0 Å². The van der Waals surface area contributed by atoms with E-state index in [0.717, 1.165) is 12.1 Å². The average molecular weight is 252 g/mol.